The van der Waals surface area contributed by atoms with Crippen LogP contribution in [0.2, 0.25) is 0 Å². The molecule has 1 aromatic carbocycles. The van der Waals surface area contributed by atoms with E-state index in [1.807, 2.05) is 0 Å². The number of azo groups is 1. The summed E-state index contributed by atoms with van der Waals surface area (Å²) in [5, 5.41) is 15.2. The molecular formula is C9H6F3N3O. The Balaban J connectivity index is 2.65. The van der Waals surface area contributed by atoms with E-state index >= 15 is 0 Å². The molecule has 0 aliphatic heterocycles. The van der Waals surface area contributed by atoms with Gasteiger partial charge in [0.1, 0.15) is 12.3 Å². The third-order valence-electron chi connectivity index (χ3n) is 1.40. The van der Waals surface area contributed by atoms with Crippen LogP contribution in [0.5, 0.6) is 5.75 Å². The van der Waals surface area contributed by atoms with Gasteiger partial charge in [-0.15, -0.1) is 13.2 Å². The van der Waals surface area contributed by atoms with Crippen LogP contribution in [0.4, 0.5) is 18.9 Å². The fourth-order valence-corrected chi connectivity index (χ4v) is 0.863. The highest BCUT2D eigenvalue weighted by Gasteiger charge is 2.30. The Morgan fingerprint density at radius 2 is 1.88 bits per heavy atom. The molecule has 84 valence electrons. The summed E-state index contributed by atoms with van der Waals surface area (Å²) in [4.78, 5) is 0. The van der Waals surface area contributed by atoms with Crippen LogP contribution in [0.15, 0.2) is 34.5 Å². The van der Waals surface area contributed by atoms with Crippen LogP contribution in [-0.2, 0) is 0 Å². The van der Waals surface area contributed by atoms with Gasteiger partial charge in [0.2, 0.25) is 0 Å². The molecule has 16 heavy (non-hydrogen) atoms. The van der Waals surface area contributed by atoms with E-state index in [9.17, 15) is 13.2 Å². The van der Waals surface area contributed by atoms with E-state index in [0.29, 0.717) is 5.69 Å². The average Bonchev–Trinajstić information content (AvgIpc) is 2.19. The summed E-state index contributed by atoms with van der Waals surface area (Å²) >= 11 is 0. The van der Waals surface area contributed by atoms with Gasteiger partial charge in [-0.1, -0.05) is 0 Å². The molecule has 0 fully saturated rings. The molecule has 0 N–H and O–H groups in total. The van der Waals surface area contributed by atoms with E-state index in [2.05, 4.69) is 15.0 Å². The number of hydrogen-bond acceptors (Lipinski definition) is 4. The highest BCUT2D eigenvalue weighted by Crippen LogP contribution is 2.24. The van der Waals surface area contributed by atoms with E-state index in [4.69, 9.17) is 5.26 Å². The summed E-state index contributed by atoms with van der Waals surface area (Å²) < 4.78 is 39.0. The highest BCUT2D eigenvalue weighted by molar-refractivity contribution is 5.40. The lowest BCUT2D eigenvalue weighted by atomic mass is 10.3. The van der Waals surface area contributed by atoms with Crippen molar-refractivity contribution in [2.75, 3.05) is 6.54 Å². The molecule has 4 nitrogen and oxygen atoms in total. The zero-order valence-electron chi connectivity index (χ0n) is 7.90. The minimum atomic E-state index is -4.70. The number of nitrogens with zero attached hydrogens (tertiary/aromatic N) is 3. The minimum Gasteiger partial charge on any atom is -0.406 e. The Morgan fingerprint density at radius 3 is 2.38 bits per heavy atom. The first-order chi connectivity index (χ1) is 7.51. The summed E-state index contributed by atoms with van der Waals surface area (Å²) in [6, 6.07) is 6.60. The van der Waals surface area contributed by atoms with Crippen molar-refractivity contribution in [1.82, 2.24) is 0 Å². The lowest BCUT2D eigenvalue weighted by Crippen LogP contribution is -2.16. The van der Waals surface area contributed by atoms with Gasteiger partial charge < -0.3 is 4.74 Å². The van der Waals surface area contributed by atoms with Gasteiger partial charge in [-0.3, -0.25) is 0 Å². The van der Waals surface area contributed by atoms with Crippen molar-refractivity contribution in [1.29, 1.82) is 5.26 Å². The molecule has 0 saturated carbocycles. The lowest BCUT2D eigenvalue weighted by Gasteiger charge is -2.07. The molecule has 0 aromatic heterocycles. The van der Waals surface area contributed by atoms with Gasteiger partial charge in [0, 0.05) is 0 Å². The molecule has 0 aliphatic rings. The van der Waals surface area contributed by atoms with Crippen LogP contribution in [0.1, 0.15) is 0 Å². The Labute approximate surface area is 89.0 Å². The number of nitriles is 1. The van der Waals surface area contributed by atoms with Crippen molar-refractivity contribution in [2.45, 2.75) is 6.36 Å². The van der Waals surface area contributed by atoms with Crippen LogP contribution < -0.4 is 4.74 Å². The zero-order valence-corrected chi connectivity index (χ0v) is 7.90. The Hall–Kier alpha value is -2.10. The molecule has 0 atom stereocenters. The summed E-state index contributed by atoms with van der Waals surface area (Å²) in [6.07, 6.45) is -4.70. The van der Waals surface area contributed by atoms with E-state index in [0.717, 1.165) is 12.1 Å². The number of ether oxygens (including phenoxy) is 1. The van der Waals surface area contributed by atoms with Gasteiger partial charge >= 0.3 is 6.36 Å². The standard InChI is InChI=1S/C9H6F3N3O/c10-9(11,12)16-8-3-1-7(2-4-8)15-14-6-5-13/h1-4H,6H2. The first-order valence-corrected chi connectivity index (χ1v) is 4.11. The summed E-state index contributed by atoms with van der Waals surface area (Å²) in [5.74, 6) is -0.327. The van der Waals surface area contributed by atoms with Gasteiger partial charge in [-0.05, 0) is 24.3 Å². The molecule has 7 heteroatoms. The number of hydrogen-bond donors (Lipinski definition) is 0. The molecule has 1 rings (SSSR count). The molecule has 0 amide bonds. The van der Waals surface area contributed by atoms with Gasteiger partial charge in [0.05, 0.1) is 11.8 Å². The second kappa shape index (κ2) is 5.11. The van der Waals surface area contributed by atoms with Crippen LogP contribution in [0.25, 0.3) is 0 Å². The van der Waals surface area contributed by atoms with Crippen molar-refractivity contribution >= 4 is 5.69 Å². The maximum atomic E-state index is 11.8. The quantitative estimate of drug-likeness (QED) is 0.590. The van der Waals surface area contributed by atoms with Crippen molar-refractivity contribution in [3.63, 3.8) is 0 Å². The molecule has 0 saturated heterocycles. The summed E-state index contributed by atoms with van der Waals surface area (Å²) in [7, 11) is 0. The third kappa shape index (κ3) is 4.41. The summed E-state index contributed by atoms with van der Waals surface area (Å²) in [5.41, 5.74) is 0.352. The molecule has 0 bridgehead atoms. The normalized spacial score (nSPS) is 11.4. The van der Waals surface area contributed by atoms with E-state index in [1.54, 1.807) is 6.07 Å². The number of benzene rings is 1. The highest BCUT2D eigenvalue weighted by atomic mass is 19.4. The lowest BCUT2D eigenvalue weighted by molar-refractivity contribution is -0.274. The zero-order chi connectivity index (χ0) is 12.0. The van der Waals surface area contributed by atoms with Crippen molar-refractivity contribution in [3.8, 4) is 11.8 Å². The smallest absolute Gasteiger partial charge is 0.406 e. The molecular weight excluding hydrogens is 223 g/mol. The van der Waals surface area contributed by atoms with E-state index in [1.165, 1.54) is 12.1 Å². The Morgan fingerprint density at radius 1 is 1.25 bits per heavy atom. The number of rotatable bonds is 3. The van der Waals surface area contributed by atoms with Crippen molar-refractivity contribution in [3.05, 3.63) is 24.3 Å². The third-order valence-corrected chi connectivity index (χ3v) is 1.40. The van der Waals surface area contributed by atoms with Crippen LogP contribution in [-0.4, -0.2) is 12.9 Å². The average molecular weight is 229 g/mol. The van der Waals surface area contributed by atoms with Gasteiger partial charge in [0.25, 0.3) is 0 Å². The van der Waals surface area contributed by atoms with Crippen molar-refractivity contribution in [2.24, 2.45) is 10.2 Å². The molecule has 1 aromatic rings. The second-order valence-electron chi connectivity index (χ2n) is 2.60. The monoisotopic (exact) mass is 229 g/mol. The predicted octanol–water partition coefficient (Wildman–Crippen LogP) is 3.19. The minimum absolute atomic E-state index is 0.0964. The maximum Gasteiger partial charge on any atom is 0.573 e. The van der Waals surface area contributed by atoms with Crippen LogP contribution in [0, 0.1) is 11.3 Å². The fourth-order valence-electron chi connectivity index (χ4n) is 0.863. The molecule has 0 radical (unpaired) electrons. The molecule has 0 unspecified atom stereocenters. The Kier molecular flexibility index (Phi) is 3.83. The topological polar surface area (TPSA) is 57.7 Å². The summed E-state index contributed by atoms with van der Waals surface area (Å²) in [6.45, 7) is -0.0964. The van der Waals surface area contributed by atoms with Crippen molar-refractivity contribution < 1.29 is 17.9 Å². The van der Waals surface area contributed by atoms with E-state index in [-0.39, 0.29) is 12.3 Å². The Bertz CT molecular complexity index is 405. The number of alkyl halides is 3. The van der Waals surface area contributed by atoms with Gasteiger partial charge in [-0.2, -0.15) is 15.5 Å². The van der Waals surface area contributed by atoms with Crippen LogP contribution in [0.3, 0.4) is 0 Å². The SMILES string of the molecule is N#CCN=Nc1ccc(OC(F)(F)F)cc1. The molecule has 0 spiro atoms. The fraction of sp³-hybridized carbons (Fsp3) is 0.222. The van der Waals surface area contributed by atoms with E-state index < -0.39 is 6.36 Å². The van der Waals surface area contributed by atoms with Gasteiger partial charge in [-0.25, -0.2) is 0 Å². The number of halogens is 3. The molecule has 0 aliphatic carbocycles. The van der Waals surface area contributed by atoms with Gasteiger partial charge in [0.15, 0.2) is 0 Å². The largest absolute Gasteiger partial charge is 0.573 e. The molecule has 0 heterocycles. The van der Waals surface area contributed by atoms with Crippen LogP contribution >= 0.6 is 0 Å². The first kappa shape index (κ1) is 12.0. The first-order valence-electron chi connectivity index (χ1n) is 4.11. The maximum absolute atomic E-state index is 11.8. The predicted molar refractivity (Wildman–Crippen MR) is 48.1 cm³/mol. The second-order valence-corrected chi connectivity index (χ2v) is 2.60.